The Morgan fingerprint density at radius 1 is 1.10 bits per heavy atom. The maximum absolute atomic E-state index is 13.4. The predicted octanol–water partition coefficient (Wildman–Crippen LogP) is 3.35. The molecule has 0 aromatic heterocycles. The number of carbonyl (C=O) groups excluding carboxylic acids is 2. The Kier molecular flexibility index (Phi) is 5.04. The summed E-state index contributed by atoms with van der Waals surface area (Å²) in [5.74, 6) is -0.831. The summed E-state index contributed by atoms with van der Waals surface area (Å²) in [5.41, 5.74) is 2.12. The van der Waals surface area contributed by atoms with E-state index in [0.717, 1.165) is 6.07 Å². The molecular formula is C20H20F3N3O3. The smallest absolute Gasteiger partial charge is 0.398 e. The minimum atomic E-state index is -4.75. The van der Waals surface area contributed by atoms with E-state index < -0.39 is 47.6 Å². The molecule has 29 heavy (non-hydrogen) atoms. The minimum absolute atomic E-state index is 0.265. The fourth-order valence-corrected chi connectivity index (χ4v) is 3.68. The number of aliphatic hydroxyl groups is 1. The van der Waals surface area contributed by atoms with Gasteiger partial charge in [-0.3, -0.25) is 4.79 Å². The van der Waals surface area contributed by atoms with Crippen molar-refractivity contribution in [1.82, 2.24) is 4.90 Å². The Labute approximate surface area is 165 Å². The van der Waals surface area contributed by atoms with Crippen molar-refractivity contribution in [2.24, 2.45) is 0 Å². The number of urea groups is 1. The summed E-state index contributed by atoms with van der Waals surface area (Å²) < 4.78 is 39.8. The molecule has 0 spiro atoms. The molecule has 2 aromatic carbocycles. The summed E-state index contributed by atoms with van der Waals surface area (Å²) in [6.07, 6.45) is -4.75. The SMILES string of the molecule is CC(C)N1C(=O)N(c2ccc(N)c(C(F)(F)F)c2)C(=O)C1(CO)c1ccccc1. The van der Waals surface area contributed by atoms with Crippen LogP contribution in [0.3, 0.4) is 0 Å². The van der Waals surface area contributed by atoms with Gasteiger partial charge >= 0.3 is 12.2 Å². The van der Waals surface area contributed by atoms with Gasteiger partial charge in [0.1, 0.15) is 0 Å². The average molecular weight is 407 g/mol. The first-order chi connectivity index (χ1) is 13.6. The van der Waals surface area contributed by atoms with Crippen LogP contribution in [0.2, 0.25) is 0 Å². The summed E-state index contributed by atoms with van der Waals surface area (Å²) >= 11 is 0. The van der Waals surface area contributed by atoms with E-state index in [9.17, 15) is 27.9 Å². The van der Waals surface area contributed by atoms with Crippen molar-refractivity contribution in [2.75, 3.05) is 17.2 Å². The van der Waals surface area contributed by atoms with Gasteiger partial charge in [-0.25, -0.2) is 9.69 Å². The lowest BCUT2D eigenvalue weighted by atomic mass is 9.88. The number of imide groups is 1. The minimum Gasteiger partial charge on any atom is -0.398 e. The Morgan fingerprint density at radius 2 is 1.72 bits per heavy atom. The number of aliphatic hydroxyl groups excluding tert-OH is 1. The molecule has 0 saturated carbocycles. The van der Waals surface area contributed by atoms with Gasteiger partial charge < -0.3 is 15.7 Å². The highest BCUT2D eigenvalue weighted by atomic mass is 19.4. The number of rotatable bonds is 4. The fraction of sp³-hybridized carbons (Fsp3) is 0.300. The molecule has 3 rings (SSSR count). The largest absolute Gasteiger partial charge is 0.418 e. The van der Waals surface area contributed by atoms with Crippen LogP contribution in [0.5, 0.6) is 0 Å². The van der Waals surface area contributed by atoms with Crippen molar-refractivity contribution in [3.05, 3.63) is 59.7 Å². The van der Waals surface area contributed by atoms with Crippen molar-refractivity contribution in [3.8, 4) is 0 Å². The van der Waals surface area contributed by atoms with Crippen molar-refractivity contribution >= 4 is 23.3 Å². The van der Waals surface area contributed by atoms with E-state index in [2.05, 4.69) is 0 Å². The van der Waals surface area contributed by atoms with Gasteiger partial charge in [0.15, 0.2) is 5.54 Å². The molecule has 1 fully saturated rings. The van der Waals surface area contributed by atoms with Crippen molar-refractivity contribution in [3.63, 3.8) is 0 Å². The molecule has 154 valence electrons. The average Bonchev–Trinajstić information content (AvgIpc) is 2.89. The highest BCUT2D eigenvalue weighted by Gasteiger charge is 2.59. The molecular weight excluding hydrogens is 387 g/mol. The highest BCUT2D eigenvalue weighted by Crippen LogP contribution is 2.43. The third-order valence-corrected chi connectivity index (χ3v) is 4.96. The zero-order chi connectivity index (χ0) is 21.6. The number of carbonyl (C=O) groups is 2. The number of alkyl halides is 3. The quantitative estimate of drug-likeness (QED) is 0.601. The summed E-state index contributed by atoms with van der Waals surface area (Å²) in [6, 6.07) is 9.70. The van der Waals surface area contributed by atoms with Crippen LogP contribution < -0.4 is 10.6 Å². The molecule has 1 heterocycles. The summed E-state index contributed by atoms with van der Waals surface area (Å²) in [4.78, 5) is 28.4. The lowest BCUT2D eigenvalue weighted by Gasteiger charge is -2.36. The molecule has 1 atom stereocenters. The zero-order valence-corrected chi connectivity index (χ0v) is 15.8. The number of benzene rings is 2. The van der Waals surface area contributed by atoms with Crippen LogP contribution in [0.1, 0.15) is 25.0 Å². The second kappa shape index (κ2) is 7.07. The highest BCUT2D eigenvalue weighted by molar-refractivity contribution is 6.23. The van der Waals surface area contributed by atoms with Crippen LogP contribution in [0.25, 0.3) is 0 Å². The fourth-order valence-electron chi connectivity index (χ4n) is 3.68. The summed E-state index contributed by atoms with van der Waals surface area (Å²) in [5, 5.41) is 10.2. The Hall–Kier alpha value is -3.07. The van der Waals surface area contributed by atoms with E-state index in [0.29, 0.717) is 16.5 Å². The van der Waals surface area contributed by atoms with Gasteiger partial charge in [0.25, 0.3) is 5.91 Å². The van der Waals surface area contributed by atoms with E-state index in [1.807, 2.05) is 0 Å². The first-order valence-corrected chi connectivity index (χ1v) is 8.86. The van der Waals surface area contributed by atoms with Gasteiger partial charge in [-0.1, -0.05) is 30.3 Å². The van der Waals surface area contributed by atoms with Gasteiger partial charge in [-0.05, 0) is 37.6 Å². The normalized spacial score (nSPS) is 20.1. The Balaban J connectivity index is 2.21. The lowest BCUT2D eigenvalue weighted by molar-refractivity contribution is -0.137. The number of amides is 3. The number of nitrogens with zero attached hydrogens (tertiary/aromatic N) is 2. The molecule has 6 nitrogen and oxygen atoms in total. The van der Waals surface area contributed by atoms with Crippen LogP contribution in [0.4, 0.5) is 29.3 Å². The molecule has 2 aromatic rings. The third kappa shape index (κ3) is 3.11. The monoisotopic (exact) mass is 407 g/mol. The topological polar surface area (TPSA) is 86.9 Å². The van der Waals surface area contributed by atoms with E-state index in [1.165, 1.54) is 11.0 Å². The third-order valence-electron chi connectivity index (χ3n) is 4.96. The first-order valence-electron chi connectivity index (χ1n) is 8.86. The van der Waals surface area contributed by atoms with E-state index >= 15 is 0 Å². The number of halogens is 3. The van der Waals surface area contributed by atoms with Crippen molar-refractivity contribution in [2.45, 2.75) is 31.6 Å². The summed E-state index contributed by atoms with van der Waals surface area (Å²) in [6.45, 7) is 2.59. The molecule has 1 unspecified atom stereocenters. The first kappa shape index (κ1) is 20.7. The van der Waals surface area contributed by atoms with E-state index in [-0.39, 0.29) is 5.69 Å². The van der Waals surface area contributed by atoms with Crippen LogP contribution in [-0.2, 0) is 16.5 Å². The molecule has 9 heteroatoms. The van der Waals surface area contributed by atoms with Crippen molar-refractivity contribution in [1.29, 1.82) is 0 Å². The van der Waals surface area contributed by atoms with E-state index in [4.69, 9.17) is 5.73 Å². The second-order valence-electron chi connectivity index (χ2n) is 7.04. The molecule has 1 aliphatic rings. The second-order valence-corrected chi connectivity index (χ2v) is 7.04. The van der Waals surface area contributed by atoms with Gasteiger partial charge in [0, 0.05) is 11.7 Å². The number of nitrogen functional groups attached to an aromatic ring is 1. The van der Waals surface area contributed by atoms with Crippen LogP contribution in [0, 0.1) is 0 Å². The molecule has 3 amide bonds. The van der Waals surface area contributed by atoms with E-state index in [1.54, 1.807) is 44.2 Å². The lowest BCUT2D eigenvalue weighted by Crippen LogP contribution is -2.52. The van der Waals surface area contributed by atoms with Crippen LogP contribution >= 0.6 is 0 Å². The standard InChI is InChI=1S/C20H20F3N3O3/c1-12(2)26-18(29)25(14-8-9-16(24)15(10-14)20(21,22)23)17(28)19(26,11-27)13-6-4-3-5-7-13/h3-10,12,27H,11,24H2,1-2H3. The number of hydrogen-bond donors (Lipinski definition) is 2. The van der Waals surface area contributed by atoms with Gasteiger partial charge in [0.05, 0.1) is 17.9 Å². The molecule has 1 aliphatic heterocycles. The zero-order valence-electron chi connectivity index (χ0n) is 15.8. The summed E-state index contributed by atoms with van der Waals surface area (Å²) in [7, 11) is 0. The molecule has 1 saturated heterocycles. The van der Waals surface area contributed by atoms with Gasteiger partial charge in [-0.2, -0.15) is 13.2 Å². The molecule has 0 radical (unpaired) electrons. The predicted molar refractivity (Wildman–Crippen MR) is 101 cm³/mol. The number of nitrogens with two attached hydrogens (primary N) is 1. The maximum Gasteiger partial charge on any atom is 0.418 e. The van der Waals surface area contributed by atoms with Crippen LogP contribution in [-0.4, -0.2) is 34.6 Å². The van der Waals surface area contributed by atoms with Gasteiger partial charge in [0.2, 0.25) is 0 Å². The van der Waals surface area contributed by atoms with Crippen molar-refractivity contribution < 1.29 is 27.9 Å². The van der Waals surface area contributed by atoms with Crippen LogP contribution in [0.15, 0.2) is 48.5 Å². The number of anilines is 2. The molecule has 0 aliphatic carbocycles. The van der Waals surface area contributed by atoms with Gasteiger partial charge in [-0.15, -0.1) is 0 Å². The Morgan fingerprint density at radius 3 is 2.24 bits per heavy atom. The number of hydrogen-bond acceptors (Lipinski definition) is 4. The Bertz CT molecular complexity index is 947. The molecule has 0 bridgehead atoms. The molecule has 3 N–H and O–H groups in total. The maximum atomic E-state index is 13.4.